The number of thioether (sulfide) groups is 1. The Morgan fingerprint density at radius 1 is 1.82 bits per heavy atom. The van der Waals surface area contributed by atoms with Crippen LogP contribution < -0.4 is 5.73 Å². The summed E-state index contributed by atoms with van der Waals surface area (Å²) in [6, 6.07) is 0.306. The van der Waals surface area contributed by atoms with E-state index < -0.39 is 0 Å². The fourth-order valence-corrected chi connectivity index (χ4v) is 0.947. The van der Waals surface area contributed by atoms with Crippen molar-refractivity contribution in [3.05, 3.63) is 0 Å². The van der Waals surface area contributed by atoms with E-state index in [4.69, 9.17) is 12.2 Å². The summed E-state index contributed by atoms with van der Waals surface area (Å²) in [4.78, 5) is 4.19. The maximum Gasteiger partial charge on any atom is 0.155 e. The molecule has 62 valence electrons. The molecule has 0 saturated heterocycles. The lowest BCUT2D eigenvalue weighted by Crippen LogP contribution is -2.11. The zero-order chi connectivity index (χ0) is 8.69. The van der Waals surface area contributed by atoms with Gasteiger partial charge in [0.25, 0.3) is 0 Å². The molecule has 1 atom stereocenters. The maximum absolute atomic E-state index is 5.55. The maximum atomic E-state index is 5.55. The summed E-state index contributed by atoms with van der Waals surface area (Å²) in [5, 5.41) is 0.595. The average Bonchev–Trinajstić information content (AvgIpc) is 2.00. The summed E-state index contributed by atoms with van der Waals surface area (Å²) in [6.45, 7) is 4.11. The number of nitrogens with two attached hydrogens (primary N) is 1. The van der Waals surface area contributed by atoms with Crippen molar-refractivity contribution in [1.29, 1.82) is 0 Å². The molecule has 3 heteroatoms. The molecule has 0 aliphatic heterocycles. The lowest BCUT2D eigenvalue weighted by atomic mass is 10.3. The molecule has 0 heterocycles. The number of nitrogens with zero attached hydrogens (tertiary/aromatic N) is 1. The minimum absolute atomic E-state index is 0.306. The van der Waals surface area contributed by atoms with Crippen molar-refractivity contribution < 1.29 is 0 Å². The van der Waals surface area contributed by atoms with E-state index in [1.165, 1.54) is 11.8 Å². The highest BCUT2D eigenvalue weighted by molar-refractivity contribution is 8.13. The second kappa shape index (κ2) is 6.11. The summed E-state index contributed by atoms with van der Waals surface area (Å²) in [7, 11) is 0. The van der Waals surface area contributed by atoms with Gasteiger partial charge >= 0.3 is 0 Å². The third-order valence-electron chi connectivity index (χ3n) is 1.24. The van der Waals surface area contributed by atoms with Crippen molar-refractivity contribution in [3.63, 3.8) is 0 Å². The van der Waals surface area contributed by atoms with E-state index in [-0.39, 0.29) is 0 Å². The van der Waals surface area contributed by atoms with E-state index in [1.807, 2.05) is 6.92 Å². The molecule has 0 aliphatic rings. The Bertz CT molecular complexity index is 169. The number of aliphatic imine (C=N–C) groups is 1. The predicted molar refractivity (Wildman–Crippen MR) is 52.7 cm³/mol. The van der Waals surface area contributed by atoms with Gasteiger partial charge in [-0.25, -0.2) is 0 Å². The van der Waals surface area contributed by atoms with Gasteiger partial charge in [0.05, 0.1) is 5.75 Å². The smallest absolute Gasteiger partial charge is 0.155 e. The Hall–Kier alpha value is -0.620. The minimum atomic E-state index is 0.306. The predicted octanol–water partition coefficient (Wildman–Crippen LogP) is 1.47. The van der Waals surface area contributed by atoms with E-state index in [2.05, 4.69) is 17.8 Å². The minimum Gasteiger partial charge on any atom is -0.379 e. The molecule has 0 rings (SSSR count). The Labute approximate surface area is 72.7 Å². The average molecular weight is 170 g/mol. The fraction of sp³-hybridized carbons (Fsp3) is 0.625. The molecular weight excluding hydrogens is 156 g/mol. The summed E-state index contributed by atoms with van der Waals surface area (Å²) < 4.78 is 0. The highest BCUT2D eigenvalue weighted by Crippen LogP contribution is 2.02. The molecule has 11 heavy (non-hydrogen) atoms. The second-order valence-electron chi connectivity index (χ2n) is 2.22. The molecular formula is C8H14N2S. The first kappa shape index (κ1) is 10.4. The Kier molecular flexibility index (Phi) is 5.77. The second-order valence-corrected chi connectivity index (χ2v) is 3.21. The zero-order valence-corrected chi connectivity index (χ0v) is 7.82. The lowest BCUT2D eigenvalue weighted by molar-refractivity contribution is 0.718. The van der Waals surface area contributed by atoms with Gasteiger partial charge in [-0.15, -0.1) is 6.42 Å². The first-order valence-electron chi connectivity index (χ1n) is 3.60. The Balaban J connectivity index is 3.72. The molecule has 0 spiro atoms. The number of terminal acetylenes is 1. The van der Waals surface area contributed by atoms with E-state index in [9.17, 15) is 0 Å². The van der Waals surface area contributed by atoms with Gasteiger partial charge in [-0.1, -0.05) is 24.6 Å². The van der Waals surface area contributed by atoms with Gasteiger partial charge in [0.1, 0.15) is 0 Å². The molecule has 0 bridgehead atoms. The summed E-state index contributed by atoms with van der Waals surface area (Å²) in [6.07, 6.45) is 6.07. The largest absolute Gasteiger partial charge is 0.379 e. The van der Waals surface area contributed by atoms with Gasteiger partial charge in [0.15, 0.2) is 5.17 Å². The van der Waals surface area contributed by atoms with Crippen molar-refractivity contribution >= 4 is 16.9 Å². The highest BCUT2D eigenvalue weighted by atomic mass is 32.2. The topological polar surface area (TPSA) is 38.4 Å². The molecule has 0 radical (unpaired) electrons. The molecule has 0 aliphatic carbocycles. The van der Waals surface area contributed by atoms with Gasteiger partial charge in [-0.2, -0.15) is 0 Å². The van der Waals surface area contributed by atoms with E-state index in [1.54, 1.807) is 0 Å². The van der Waals surface area contributed by atoms with Crippen LogP contribution in [0.3, 0.4) is 0 Å². The Morgan fingerprint density at radius 3 is 2.91 bits per heavy atom. The summed E-state index contributed by atoms with van der Waals surface area (Å²) in [5.41, 5.74) is 5.55. The standard InChI is InChI=1S/C8H14N2S/c1-4-6-11-8(9)10-7(3)5-2/h1,7H,5-6H2,2-3H3,(H2,9,10). The van der Waals surface area contributed by atoms with Crippen LogP contribution in [0.4, 0.5) is 0 Å². The first-order valence-corrected chi connectivity index (χ1v) is 4.58. The monoisotopic (exact) mass is 170 g/mol. The fourth-order valence-electron chi connectivity index (χ4n) is 0.461. The third-order valence-corrected chi connectivity index (χ3v) is 1.95. The van der Waals surface area contributed by atoms with E-state index in [0.717, 1.165) is 6.42 Å². The van der Waals surface area contributed by atoms with Gasteiger partial charge in [-0.05, 0) is 13.3 Å². The molecule has 2 N–H and O–H groups in total. The third kappa shape index (κ3) is 5.81. The summed E-state index contributed by atoms with van der Waals surface area (Å²) >= 11 is 1.41. The molecule has 0 aromatic rings. The van der Waals surface area contributed by atoms with Crippen molar-refractivity contribution in [1.82, 2.24) is 0 Å². The normalized spacial score (nSPS) is 14.1. The first-order chi connectivity index (χ1) is 5.20. The zero-order valence-electron chi connectivity index (χ0n) is 7.00. The number of rotatable bonds is 3. The molecule has 0 amide bonds. The summed E-state index contributed by atoms with van der Waals surface area (Å²) in [5.74, 6) is 3.09. The molecule has 2 nitrogen and oxygen atoms in total. The van der Waals surface area contributed by atoms with Crippen LogP contribution in [-0.4, -0.2) is 17.0 Å². The van der Waals surface area contributed by atoms with Crippen LogP contribution >= 0.6 is 11.8 Å². The van der Waals surface area contributed by atoms with Crippen LogP contribution in [0.1, 0.15) is 20.3 Å². The van der Waals surface area contributed by atoms with Gasteiger partial charge < -0.3 is 5.73 Å². The quantitative estimate of drug-likeness (QED) is 0.395. The van der Waals surface area contributed by atoms with Gasteiger partial charge in [0, 0.05) is 6.04 Å². The van der Waals surface area contributed by atoms with Crippen LogP contribution in [0, 0.1) is 12.3 Å². The van der Waals surface area contributed by atoms with E-state index in [0.29, 0.717) is 17.0 Å². The number of hydrogen-bond donors (Lipinski definition) is 1. The SMILES string of the molecule is C#CCSC(N)=NC(C)CC. The van der Waals surface area contributed by atoms with Crippen LogP contribution in [0.5, 0.6) is 0 Å². The van der Waals surface area contributed by atoms with Crippen molar-refractivity contribution in [2.45, 2.75) is 26.3 Å². The Morgan fingerprint density at radius 2 is 2.45 bits per heavy atom. The van der Waals surface area contributed by atoms with Crippen LogP contribution in [-0.2, 0) is 0 Å². The number of amidine groups is 1. The van der Waals surface area contributed by atoms with Crippen LogP contribution in [0.15, 0.2) is 4.99 Å². The molecule has 0 aromatic heterocycles. The van der Waals surface area contributed by atoms with Gasteiger partial charge in [-0.3, -0.25) is 4.99 Å². The van der Waals surface area contributed by atoms with Crippen LogP contribution in [0.2, 0.25) is 0 Å². The molecule has 0 fully saturated rings. The van der Waals surface area contributed by atoms with Gasteiger partial charge in [0.2, 0.25) is 0 Å². The highest BCUT2D eigenvalue weighted by Gasteiger charge is 1.96. The lowest BCUT2D eigenvalue weighted by Gasteiger charge is -2.02. The van der Waals surface area contributed by atoms with Crippen LogP contribution in [0.25, 0.3) is 0 Å². The molecule has 1 unspecified atom stereocenters. The van der Waals surface area contributed by atoms with E-state index >= 15 is 0 Å². The van der Waals surface area contributed by atoms with Crippen molar-refractivity contribution in [3.8, 4) is 12.3 Å². The van der Waals surface area contributed by atoms with Crippen molar-refractivity contribution in [2.75, 3.05) is 5.75 Å². The molecule has 0 saturated carbocycles. The molecule has 0 aromatic carbocycles. The number of hydrogen-bond acceptors (Lipinski definition) is 2. The van der Waals surface area contributed by atoms with Crippen molar-refractivity contribution in [2.24, 2.45) is 10.7 Å².